The van der Waals surface area contributed by atoms with Crippen LogP contribution in [0.4, 0.5) is 33.2 Å². The van der Waals surface area contributed by atoms with E-state index in [2.05, 4.69) is 49.6 Å². The molecule has 2 aliphatic heterocycles. The highest BCUT2D eigenvalue weighted by Gasteiger charge is 2.37. The van der Waals surface area contributed by atoms with Crippen LogP contribution in [0.15, 0.2) is 42.6 Å². The van der Waals surface area contributed by atoms with E-state index in [1.54, 1.807) is 20.4 Å². The topological polar surface area (TPSA) is 82.6 Å². The summed E-state index contributed by atoms with van der Waals surface area (Å²) in [6.07, 6.45) is 6.51. The zero-order valence-corrected chi connectivity index (χ0v) is 25.2. The molecule has 0 radical (unpaired) electrons. The van der Waals surface area contributed by atoms with Gasteiger partial charge in [-0.1, -0.05) is 11.6 Å². The van der Waals surface area contributed by atoms with Crippen LogP contribution in [0.1, 0.15) is 25.7 Å². The minimum atomic E-state index is -2.77. The molecule has 40 heavy (non-hydrogen) atoms. The Balaban J connectivity index is 1.31. The summed E-state index contributed by atoms with van der Waals surface area (Å²) in [6, 6.07) is 10.2. The maximum atomic E-state index is 13.9. The second-order valence-corrected chi connectivity index (χ2v) is 14.9. The molecule has 0 amide bonds. The fourth-order valence-electron chi connectivity index (χ4n) is 5.63. The zero-order valence-electron chi connectivity index (χ0n) is 23.5. The molecule has 2 N–H and O–H groups in total. The van der Waals surface area contributed by atoms with E-state index in [-0.39, 0.29) is 5.02 Å². The van der Waals surface area contributed by atoms with Gasteiger partial charge in [-0.05, 0) is 94.9 Å². The molecular formula is C29H37ClFN6O2P. The number of aromatic nitrogens is 2. The number of methoxy groups -OCH3 is 1. The molecule has 2 aromatic carbocycles. The van der Waals surface area contributed by atoms with Gasteiger partial charge in [-0.25, -0.2) is 9.37 Å². The summed E-state index contributed by atoms with van der Waals surface area (Å²) >= 11 is 6.38. The first-order chi connectivity index (χ1) is 19.0. The Kier molecular flexibility index (Phi) is 8.27. The van der Waals surface area contributed by atoms with Crippen molar-refractivity contribution >= 4 is 52.9 Å². The summed E-state index contributed by atoms with van der Waals surface area (Å²) in [5, 5.41) is 6.99. The molecule has 5 rings (SSSR count). The molecular weight excluding hydrogens is 550 g/mol. The SMILES string of the molecule is COc1cc(N2CCC3(CCN(C)CC3)CC2)ccc1Nc1ncc(Cl)c(Nc2ccc(F)cc2P(C)(C)=O)n1. The van der Waals surface area contributed by atoms with Crippen LogP contribution in [-0.4, -0.2) is 68.5 Å². The third kappa shape index (κ3) is 6.37. The molecule has 214 valence electrons. The molecule has 0 aliphatic carbocycles. The van der Waals surface area contributed by atoms with E-state index in [1.165, 1.54) is 63.2 Å². The third-order valence-corrected chi connectivity index (χ3v) is 10.0. The average Bonchev–Trinajstić information content (AvgIpc) is 2.93. The average molecular weight is 587 g/mol. The Bertz CT molecular complexity index is 1420. The van der Waals surface area contributed by atoms with Crippen molar-refractivity contribution in [2.24, 2.45) is 5.41 Å². The largest absolute Gasteiger partial charge is 0.494 e. The second-order valence-electron chi connectivity index (χ2n) is 11.3. The predicted octanol–water partition coefficient (Wildman–Crippen LogP) is 6.33. The molecule has 11 heteroatoms. The van der Waals surface area contributed by atoms with Crippen molar-refractivity contribution < 1.29 is 13.7 Å². The number of anilines is 5. The molecule has 2 fully saturated rings. The van der Waals surface area contributed by atoms with Gasteiger partial charge in [0.15, 0.2) is 5.82 Å². The lowest BCUT2D eigenvalue weighted by Crippen LogP contribution is -2.46. The van der Waals surface area contributed by atoms with Gasteiger partial charge in [0.25, 0.3) is 0 Å². The third-order valence-electron chi connectivity index (χ3n) is 8.21. The first kappa shape index (κ1) is 28.7. The summed E-state index contributed by atoms with van der Waals surface area (Å²) in [5.41, 5.74) is 2.83. The molecule has 0 bridgehead atoms. The van der Waals surface area contributed by atoms with E-state index in [1.807, 2.05) is 6.07 Å². The van der Waals surface area contributed by atoms with Crippen LogP contribution >= 0.6 is 18.7 Å². The highest BCUT2D eigenvalue weighted by Crippen LogP contribution is 2.43. The van der Waals surface area contributed by atoms with Crippen LogP contribution in [0.2, 0.25) is 5.02 Å². The van der Waals surface area contributed by atoms with Crippen molar-refractivity contribution in [3.8, 4) is 5.75 Å². The molecule has 8 nitrogen and oxygen atoms in total. The Morgan fingerprint density at radius 3 is 2.35 bits per heavy atom. The van der Waals surface area contributed by atoms with E-state index in [9.17, 15) is 8.96 Å². The van der Waals surface area contributed by atoms with Crippen LogP contribution in [0, 0.1) is 11.2 Å². The van der Waals surface area contributed by atoms with Gasteiger partial charge in [0, 0.05) is 30.1 Å². The van der Waals surface area contributed by atoms with Gasteiger partial charge >= 0.3 is 0 Å². The van der Waals surface area contributed by atoms with Crippen LogP contribution in [0.3, 0.4) is 0 Å². The fraction of sp³-hybridized carbons (Fsp3) is 0.448. The number of hydrogen-bond donors (Lipinski definition) is 2. The fourth-order valence-corrected chi connectivity index (χ4v) is 6.91. The van der Waals surface area contributed by atoms with Crippen LogP contribution in [-0.2, 0) is 4.57 Å². The maximum absolute atomic E-state index is 13.9. The molecule has 1 spiro atoms. The van der Waals surface area contributed by atoms with Crippen molar-refractivity contribution in [3.05, 3.63) is 53.4 Å². The minimum absolute atomic E-state index is 0.276. The lowest BCUT2D eigenvalue weighted by Gasteiger charge is -2.47. The van der Waals surface area contributed by atoms with Gasteiger partial charge in [-0.3, -0.25) is 0 Å². The smallest absolute Gasteiger partial charge is 0.229 e. The number of ether oxygens (including phenoxy) is 1. The van der Waals surface area contributed by atoms with Crippen molar-refractivity contribution in [1.82, 2.24) is 14.9 Å². The standard InChI is InChI=1S/C29H37ClFN6O2P/c1-36-13-9-29(10-14-36)11-15-37(16-12-29)21-6-8-23(25(18-21)39-2)34-28-32-19-22(30)27(35-28)33-24-7-5-20(31)17-26(24)40(3,4)38/h5-8,17-19H,9-16H2,1-4H3,(H2,32,33,34,35). The Morgan fingerprint density at radius 1 is 1.00 bits per heavy atom. The van der Waals surface area contributed by atoms with Crippen LogP contribution in [0.25, 0.3) is 0 Å². The summed E-state index contributed by atoms with van der Waals surface area (Å²) in [6.45, 7) is 7.66. The maximum Gasteiger partial charge on any atom is 0.229 e. The monoisotopic (exact) mass is 586 g/mol. The van der Waals surface area contributed by atoms with Crippen molar-refractivity contribution in [1.29, 1.82) is 0 Å². The van der Waals surface area contributed by atoms with Crippen molar-refractivity contribution in [3.63, 3.8) is 0 Å². The van der Waals surface area contributed by atoms with Gasteiger partial charge in [0.2, 0.25) is 5.95 Å². The number of hydrogen-bond acceptors (Lipinski definition) is 8. The van der Waals surface area contributed by atoms with Crippen LogP contribution < -0.4 is 25.6 Å². The Labute approximate surface area is 240 Å². The van der Waals surface area contributed by atoms with E-state index in [4.69, 9.17) is 16.3 Å². The first-order valence-corrected chi connectivity index (χ1v) is 16.6. The number of piperidine rings is 2. The predicted molar refractivity (Wildman–Crippen MR) is 163 cm³/mol. The van der Waals surface area contributed by atoms with Gasteiger partial charge in [0.05, 0.1) is 24.7 Å². The van der Waals surface area contributed by atoms with E-state index < -0.39 is 13.0 Å². The Hall–Kier alpha value is -2.87. The molecule has 2 saturated heterocycles. The van der Waals surface area contributed by atoms with Crippen LogP contribution in [0.5, 0.6) is 5.75 Å². The summed E-state index contributed by atoms with van der Waals surface area (Å²) in [7, 11) is 1.09. The second kappa shape index (κ2) is 11.6. The summed E-state index contributed by atoms with van der Waals surface area (Å²) < 4.78 is 32.4. The van der Waals surface area contributed by atoms with Gasteiger partial charge in [-0.2, -0.15) is 4.98 Å². The molecule has 0 atom stereocenters. The number of rotatable bonds is 7. The summed E-state index contributed by atoms with van der Waals surface area (Å²) in [5.74, 6) is 0.845. The summed E-state index contributed by atoms with van der Waals surface area (Å²) in [4.78, 5) is 13.7. The molecule has 2 aliphatic rings. The molecule has 3 aromatic rings. The number of nitrogens with zero attached hydrogens (tertiary/aromatic N) is 4. The molecule has 0 unspecified atom stereocenters. The minimum Gasteiger partial charge on any atom is -0.494 e. The number of benzene rings is 2. The van der Waals surface area contributed by atoms with Gasteiger partial charge in [0.1, 0.15) is 23.7 Å². The lowest BCUT2D eigenvalue weighted by molar-refractivity contribution is 0.0945. The van der Waals surface area contributed by atoms with Gasteiger partial charge < -0.3 is 29.7 Å². The van der Waals surface area contributed by atoms with Gasteiger partial charge in [-0.15, -0.1) is 0 Å². The molecule has 1 aromatic heterocycles. The molecule has 0 saturated carbocycles. The van der Waals surface area contributed by atoms with Crippen molar-refractivity contribution in [2.75, 3.05) is 69.2 Å². The van der Waals surface area contributed by atoms with E-state index >= 15 is 0 Å². The van der Waals surface area contributed by atoms with E-state index in [0.717, 1.165) is 24.5 Å². The number of halogens is 2. The normalized spacial score (nSPS) is 17.6. The zero-order chi connectivity index (χ0) is 28.5. The first-order valence-electron chi connectivity index (χ1n) is 13.6. The molecule has 3 heterocycles. The quantitative estimate of drug-likeness (QED) is 0.311. The number of nitrogens with one attached hydrogen (secondary N) is 2. The van der Waals surface area contributed by atoms with Crippen molar-refractivity contribution in [2.45, 2.75) is 25.7 Å². The lowest BCUT2D eigenvalue weighted by atomic mass is 9.71. The Morgan fingerprint density at radius 2 is 1.68 bits per heavy atom. The highest BCUT2D eigenvalue weighted by molar-refractivity contribution is 7.70. The van der Waals surface area contributed by atoms with E-state index in [0.29, 0.717) is 33.9 Å². The highest BCUT2D eigenvalue weighted by atomic mass is 35.5. The number of likely N-dealkylation sites (tertiary alicyclic amines) is 1.